The molecule has 8 heteroatoms. The van der Waals surface area contributed by atoms with Crippen LogP contribution in [0.4, 0.5) is 17.1 Å². The molecule has 1 heterocycles. The van der Waals surface area contributed by atoms with Crippen molar-refractivity contribution >= 4 is 40.5 Å². The fraction of sp³-hybridized carbons (Fsp3) is 0.176. The molecule has 0 bridgehead atoms. The third kappa shape index (κ3) is 3.77. The summed E-state index contributed by atoms with van der Waals surface area (Å²) in [4.78, 5) is 36.4. The lowest BCUT2D eigenvalue weighted by Crippen LogP contribution is -2.28. The molecule has 1 aliphatic rings. The summed E-state index contributed by atoms with van der Waals surface area (Å²) in [5.41, 5.74) is 0.913. The van der Waals surface area contributed by atoms with Crippen LogP contribution in [-0.4, -0.2) is 23.3 Å². The van der Waals surface area contributed by atoms with Gasteiger partial charge in [-0.3, -0.25) is 19.7 Å². The molecule has 0 aromatic heterocycles. The van der Waals surface area contributed by atoms with Crippen molar-refractivity contribution in [3.8, 4) is 0 Å². The molecule has 25 heavy (non-hydrogen) atoms. The number of carbonyl (C=O) groups excluding carboxylic acids is 2. The van der Waals surface area contributed by atoms with E-state index in [1.54, 1.807) is 30.3 Å². The molecule has 0 spiro atoms. The van der Waals surface area contributed by atoms with Crippen molar-refractivity contribution < 1.29 is 14.5 Å². The van der Waals surface area contributed by atoms with E-state index in [1.807, 2.05) is 0 Å². The minimum atomic E-state index is -0.526. The monoisotopic (exact) mass is 359 g/mol. The van der Waals surface area contributed by atoms with Gasteiger partial charge in [-0.1, -0.05) is 17.7 Å². The molecular weight excluding hydrogens is 346 g/mol. The first-order valence-electron chi connectivity index (χ1n) is 7.55. The molecule has 0 saturated carbocycles. The summed E-state index contributed by atoms with van der Waals surface area (Å²) in [6, 6.07) is 12.5. The van der Waals surface area contributed by atoms with E-state index < -0.39 is 10.8 Å². The molecule has 2 aromatic rings. The Labute approximate surface area is 148 Å². The summed E-state index contributed by atoms with van der Waals surface area (Å²) in [6.07, 6.45) is 0.0577. The highest BCUT2D eigenvalue weighted by atomic mass is 35.5. The predicted molar refractivity (Wildman–Crippen MR) is 93.6 cm³/mol. The summed E-state index contributed by atoms with van der Waals surface area (Å²) in [5.74, 6) is -1.04. The largest absolute Gasteiger partial charge is 0.326 e. The summed E-state index contributed by atoms with van der Waals surface area (Å²) in [7, 11) is 0. The highest BCUT2D eigenvalue weighted by Crippen LogP contribution is 2.28. The van der Waals surface area contributed by atoms with Gasteiger partial charge in [0.15, 0.2) is 0 Å². The first-order chi connectivity index (χ1) is 11.9. The molecule has 1 unspecified atom stereocenters. The SMILES string of the molecule is O=C(Nc1ccc(Cl)cc1)C1CC(=O)N(c2cccc([N+](=O)[O-])c2)C1. The van der Waals surface area contributed by atoms with Gasteiger partial charge in [0, 0.05) is 35.8 Å². The minimum Gasteiger partial charge on any atom is -0.326 e. The zero-order valence-electron chi connectivity index (χ0n) is 13.0. The molecule has 7 nitrogen and oxygen atoms in total. The lowest BCUT2D eigenvalue weighted by atomic mass is 10.1. The van der Waals surface area contributed by atoms with Crippen LogP contribution in [0.5, 0.6) is 0 Å². The lowest BCUT2D eigenvalue weighted by molar-refractivity contribution is -0.384. The van der Waals surface area contributed by atoms with E-state index in [-0.39, 0.29) is 30.5 Å². The third-order valence-corrected chi connectivity index (χ3v) is 4.21. The Morgan fingerprint density at radius 1 is 1.24 bits per heavy atom. The van der Waals surface area contributed by atoms with Gasteiger partial charge >= 0.3 is 0 Å². The normalized spacial score (nSPS) is 16.8. The number of hydrogen-bond acceptors (Lipinski definition) is 4. The fourth-order valence-corrected chi connectivity index (χ4v) is 2.81. The van der Waals surface area contributed by atoms with Crippen molar-refractivity contribution in [2.24, 2.45) is 5.92 Å². The number of anilines is 2. The lowest BCUT2D eigenvalue weighted by Gasteiger charge is -2.16. The van der Waals surface area contributed by atoms with Crippen LogP contribution >= 0.6 is 11.6 Å². The van der Waals surface area contributed by atoms with E-state index in [0.717, 1.165) is 0 Å². The highest BCUT2D eigenvalue weighted by Gasteiger charge is 2.35. The van der Waals surface area contributed by atoms with E-state index in [0.29, 0.717) is 16.4 Å². The summed E-state index contributed by atoms with van der Waals surface area (Å²) in [5, 5.41) is 14.2. The molecular formula is C17H14ClN3O4. The van der Waals surface area contributed by atoms with Crippen molar-refractivity contribution in [2.45, 2.75) is 6.42 Å². The Kier molecular flexibility index (Phi) is 4.67. The van der Waals surface area contributed by atoms with Gasteiger partial charge in [-0.25, -0.2) is 0 Å². The van der Waals surface area contributed by atoms with Gasteiger partial charge in [-0.15, -0.1) is 0 Å². The van der Waals surface area contributed by atoms with Gasteiger partial charge in [-0.05, 0) is 30.3 Å². The number of benzene rings is 2. The number of nitrogens with one attached hydrogen (secondary N) is 1. The van der Waals surface area contributed by atoms with Crippen LogP contribution in [0.15, 0.2) is 48.5 Å². The Morgan fingerprint density at radius 3 is 2.64 bits per heavy atom. The van der Waals surface area contributed by atoms with E-state index >= 15 is 0 Å². The number of amides is 2. The van der Waals surface area contributed by atoms with Crippen LogP contribution in [0.1, 0.15) is 6.42 Å². The molecule has 2 aromatic carbocycles. The Balaban J connectivity index is 1.71. The molecule has 0 aliphatic carbocycles. The average Bonchev–Trinajstić information content (AvgIpc) is 2.99. The van der Waals surface area contributed by atoms with Gasteiger partial charge in [0.2, 0.25) is 11.8 Å². The number of rotatable bonds is 4. The average molecular weight is 360 g/mol. The first kappa shape index (κ1) is 16.9. The van der Waals surface area contributed by atoms with Crippen molar-refractivity contribution in [3.63, 3.8) is 0 Å². The number of non-ortho nitro benzene ring substituents is 1. The molecule has 1 N–H and O–H groups in total. The van der Waals surface area contributed by atoms with Crippen LogP contribution in [0, 0.1) is 16.0 Å². The number of nitro benzene ring substituents is 1. The number of halogens is 1. The number of hydrogen-bond donors (Lipinski definition) is 1. The van der Waals surface area contributed by atoms with Crippen molar-refractivity contribution in [1.29, 1.82) is 0 Å². The van der Waals surface area contributed by atoms with Crippen LogP contribution in [-0.2, 0) is 9.59 Å². The molecule has 1 aliphatic heterocycles. The number of carbonyl (C=O) groups is 2. The predicted octanol–water partition coefficient (Wildman–Crippen LogP) is 3.24. The zero-order valence-corrected chi connectivity index (χ0v) is 13.8. The van der Waals surface area contributed by atoms with E-state index in [4.69, 9.17) is 11.6 Å². The highest BCUT2D eigenvalue weighted by molar-refractivity contribution is 6.30. The topological polar surface area (TPSA) is 92.6 Å². The van der Waals surface area contributed by atoms with Crippen molar-refractivity contribution in [2.75, 3.05) is 16.8 Å². The zero-order chi connectivity index (χ0) is 18.0. The minimum absolute atomic E-state index is 0.0577. The van der Waals surface area contributed by atoms with E-state index in [9.17, 15) is 19.7 Å². The number of nitro groups is 1. The summed E-state index contributed by atoms with van der Waals surface area (Å²) in [6.45, 7) is 0.180. The second-order valence-corrected chi connectivity index (χ2v) is 6.11. The molecule has 3 rings (SSSR count). The smallest absolute Gasteiger partial charge is 0.271 e. The maximum Gasteiger partial charge on any atom is 0.271 e. The van der Waals surface area contributed by atoms with Crippen molar-refractivity contribution in [1.82, 2.24) is 0 Å². The fourth-order valence-electron chi connectivity index (χ4n) is 2.68. The van der Waals surface area contributed by atoms with Gasteiger partial charge in [0.25, 0.3) is 5.69 Å². The molecule has 0 radical (unpaired) electrons. The van der Waals surface area contributed by atoms with Crippen LogP contribution in [0.25, 0.3) is 0 Å². The van der Waals surface area contributed by atoms with Gasteiger partial charge in [-0.2, -0.15) is 0 Å². The maximum atomic E-state index is 12.4. The molecule has 2 amide bonds. The van der Waals surface area contributed by atoms with Gasteiger partial charge < -0.3 is 10.2 Å². The molecule has 1 saturated heterocycles. The summed E-state index contributed by atoms with van der Waals surface area (Å²) >= 11 is 5.80. The number of nitrogens with zero attached hydrogens (tertiary/aromatic N) is 2. The van der Waals surface area contributed by atoms with Crippen LogP contribution in [0.3, 0.4) is 0 Å². The molecule has 1 atom stereocenters. The Morgan fingerprint density at radius 2 is 1.96 bits per heavy atom. The quantitative estimate of drug-likeness (QED) is 0.670. The van der Waals surface area contributed by atoms with Crippen molar-refractivity contribution in [3.05, 3.63) is 63.7 Å². The summed E-state index contributed by atoms with van der Waals surface area (Å²) < 4.78 is 0. The first-order valence-corrected chi connectivity index (χ1v) is 7.93. The third-order valence-electron chi connectivity index (χ3n) is 3.96. The Hall–Kier alpha value is -2.93. The second kappa shape index (κ2) is 6.90. The van der Waals surface area contributed by atoms with Crippen LogP contribution < -0.4 is 10.2 Å². The second-order valence-electron chi connectivity index (χ2n) is 5.68. The molecule has 1 fully saturated rings. The van der Waals surface area contributed by atoms with E-state index in [2.05, 4.69) is 5.32 Å². The van der Waals surface area contributed by atoms with Crippen LogP contribution in [0.2, 0.25) is 5.02 Å². The maximum absolute atomic E-state index is 12.4. The van der Waals surface area contributed by atoms with Gasteiger partial charge in [0.05, 0.1) is 16.5 Å². The Bertz CT molecular complexity index is 838. The molecule has 128 valence electrons. The standard InChI is InChI=1S/C17H14ClN3O4/c18-12-4-6-13(7-5-12)19-17(23)11-8-16(22)20(10-11)14-2-1-3-15(9-14)21(24)25/h1-7,9,11H,8,10H2,(H,19,23). The van der Waals surface area contributed by atoms with E-state index in [1.165, 1.54) is 23.1 Å². The van der Waals surface area contributed by atoms with Gasteiger partial charge in [0.1, 0.15) is 0 Å².